The summed E-state index contributed by atoms with van der Waals surface area (Å²) in [4.78, 5) is 2.34. The van der Waals surface area contributed by atoms with Crippen molar-refractivity contribution >= 4 is 17.1 Å². The van der Waals surface area contributed by atoms with Gasteiger partial charge in [-0.2, -0.15) is 0 Å². The third-order valence-corrected chi connectivity index (χ3v) is 4.15. The van der Waals surface area contributed by atoms with Gasteiger partial charge in [-0.05, 0) is 42.3 Å². The van der Waals surface area contributed by atoms with Crippen LogP contribution in [0.25, 0.3) is 11.1 Å². The standard InChI is InChI=1S/C20H18N2/c1-15-21-19-14-17(16-8-4-2-5-9-16)12-13-20(19)22(15)18-10-6-3-7-11-18/h2-15,21H,1H3. The highest BCUT2D eigenvalue weighted by atomic mass is 15.3. The van der Waals surface area contributed by atoms with E-state index < -0.39 is 0 Å². The Morgan fingerprint density at radius 1 is 0.773 bits per heavy atom. The zero-order chi connectivity index (χ0) is 14.9. The summed E-state index contributed by atoms with van der Waals surface area (Å²) in [6.45, 7) is 2.19. The summed E-state index contributed by atoms with van der Waals surface area (Å²) in [5.41, 5.74) is 6.14. The first-order chi connectivity index (χ1) is 10.8. The number of para-hydroxylation sites is 1. The topological polar surface area (TPSA) is 15.3 Å². The lowest BCUT2D eigenvalue weighted by molar-refractivity contribution is 0.843. The first kappa shape index (κ1) is 13.0. The van der Waals surface area contributed by atoms with Gasteiger partial charge in [0.15, 0.2) is 0 Å². The molecule has 1 aliphatic rings. The zero-order valence-corrected chi connectivity index (χ0v) is 12.5. The van der Waals surface area contributed by atoms with Crippen LogP contribution in [-0.2, 0) is 0 Å². The summed E-state index contributed by atoms with van der Waals surface area (Å²) >= 11 is 0. The van der Waals surface area contributed by atoms with Crippen molar-refractivity contribution in [3.05, 3.63) is 78.9 Å². The van der Waals surface area contributed by atoms with Crippen LogP contribution >= 0.6 is 0 Å². The monoisotopic (exact) mass is 286 g/mol. The number of nitrogens with zero attached hydrogens (tertiary/aromatic N) is 1. The second-order valence-electron chi connectivity index (χ2n) is 5.62. The number of anilines is 3. The van der Waals surface area contributed by atoms with E-state index in [1.165, 1.54) is 28.2 Å². The molecule has 0 bridgehead atoms. The maximum absolute atomic E-state index is 3.58. The first-order valence-electron chi connectivity index (χ1n) is 7.63. The molecule has 3 aromatic carbocycles. The molecule has 0 spiro atoms. The molecule has 3 aromatic rings. The normalized spacial score (nSPS) is 16.2. The fraction of sp³-hybridized carbons (Fsp3) is 0.100. The van der Waals surface area contributed by atoms with Crippen LogP contribution in [0.4, 0.5) is 17.1 Å². The number of rotatable bonds is 2. The van der Waals surface area contributed by atoms with Gasteiger partial charge in [0.1, 0.15) is 6.17 Å². The maximum atomic E-state index is 3.58. The summed E-state index contributed by atoms with van der Waals surface area (Å²) in [6.07, 6.45) is 0.253. The Balaban J connectivity index is 1.76. The van der Waals surface area contributed by atoms with Gasteiger partial charge in [0.2, 0.25) is 0 Å². The van der Waals surface area contributed by atoms with Gasteiger partial charge in [-0.1, -0.05) is 54.6 Å². The van der Waals surface area contributed by atoms with Crippen LogP contribution in [0.2, 0.25) is 0 Å². The minimum atomic E-state index is 0.253. The van der Waals surface area contributed by atoms with Gasteiger partial charge in [0.25, 0.3) is 0 Å². The molecular formula is C20H18N2. The highest BCUT2D eigenvalue weighted by Gasteiger charge is 2.26. The molecule has 0 amide bonds. The summed E-state index contributed by atoms with van der Waals surface area (Å²) < 4.78 is 0. The van der Waals surface area contributed by atoms with Crippen LogP contribution in [0.1, 0.15) is 6.92 Å². The second kappa shape index (κ2) is 5.23. The Kier molecular flexibility index (Phi) is 3.08. The lowest BCUT2D eigenvalue weighted by Crippen LogP contribution is -2.28. The van der Waals surface area contributed by atoms with E-state index in [0.717, 1.165) is 0 Å². The fourth-order valence-electron chi connectivity index (χ4n) is 3.12. The van der Waals surface area contributed by atoms with E-state index in [1.54, 1.807) is 0 Å². The van der Waals surface area contributed by atoms with E-state index in [2.05, 4.69) is 89.9 Å². The van der Waals surface area contributed by atoms with E-state index >= 15 is 0 Å². The van der Waals surface area contributed by atoms with Gasteiger partial charge in [-0.25, -0.2) is 0 Å². The van der Waals surface area contributed by atoms with Crippen molar-refractivity contribution in [1.29, 1.82) is 0 Å². The molecule has 1 atom stereocenters. The molecule has 1 heterocycles. The number of fused-ring (bicyclic) bond motifs is 1. The van der Waals surface area contributed by atoms with Crippen LogP contribution < -0.4 is 10.2 Å². The highest BCUT2D eigenvalue weighted by molar-refractivity contribution is 5.86. The molecule has 1 aliphatic heterocycles. The molecule has 0 saturated heterocycles. The molecule has 2 heteroatoms. The Hall–Kier alpha value is -2.74. The van der Waals surface area contributed by atoms with Gasteiger partial charge in [0.05, 0.1) is 11.4 Å². The largest absolute Gasteiger partial charge is 0.363 e. The highest BCUT2D eigenvalue weighted by Crippen LogP contribution is 2.41. The molecular weight excluding hydrogens is 268 g/mol. The van der Waals surface area contributed by atoms with E-state index in [-0.39, 0.29) is 6.17 Å². The average Bonchev–Trinajstić information content (AvgIpc) is 2.91. The van der Waals surface area contributed by atoms with Crippen LogP contribution in [0.5, 0.6) is 0 Å². The van der Waals surface area contributed by atoms with Gasteiger partial charge in [-0.15, -0.1) is 0 Å². The zero-order valence-electron chi connectivity index (χ0n) is 12.5. The summed E-state index contributed by atoms with van der Waals surface area (Å²) in [5, 5.41) is 3.58. The van der Waals surface area contributed by atoms with Crippen molar-refractivity contribution in [2.24, 2.45) is 0 Å². The van der Waals surface area contributed by atoms with Crippen molar-refractivity contribution < 1.29 is 0 Å². The Morgan fingerprint density at radius 2 is 1.45 bits per heavy atom. The van der Waals surface area contributed by atoms with E-state index in [4.69, 9.17) is 0 Å². The molecule has 1 N–H and O–H groups in total. The first-order valence-corrected chi connectivity index (χ1v) is 7.63. The molecule has 22 heavy (non-hydrogen) atoms. The van der Waals surface area contributed by atoms with E-state index in [0.29, 0.717) is 0 Å². The molecule has 0 radical (unpaired) electrons. The lowest BCUT2D eigenvalue weighted by atomic mass is 10.0. The fourth-order valence-corrected chi connectivity index (χ4v) is 3.12. The quantitative estimate of drug-likeness (QED) is 0.691. The Bertz CT molecular complexity index is 781. The lowest BCUT2D eigenvalue weighted by Gasteiger charge is -2.23. The smallest absolute Gasteiger partial charge is 0.101 e. The predicted molar refractivity (Wildman–Crippen MR) is 93.5 cm³/mol. The Morgan fingerprint density at radius 3 is 2.18 bits per heavy atom. The number of hydrogen-bond acceptors (Lipinski definition) is 2. The van der Waals surface area contributed by atoms with Crippen molar-refractivity contribution in [3.8, 4) is 11.1 Å². The molecule has 1 unspecified atom stereocenters. The van der Waals surface area contributed by atoms with Crippen LogP contribution in [0.3, 0.4) is 0 Å². The molecule has 4 rings (SSSR count). The summed E-state index contributed by atoms with van der Waals surface area (Å²) in [7, 11) is 0. The molecule has 0 saturated carbocycles. The van der Waals surface area contributed by atoms with E-state index in [9.17, 15) is 0 Å². The molecule has 108 valence electrons. The third kappa shape index (κ3) is 2.13. The third-order valence-electron chi connectivity index (χ3n) is 4.15. The van der Waals surface area contributed by atoms with Crippen molar-refractivity contribution in [3.63, 3.8) is 0 Å². The molecule has 2 nitrogen and oxygen atoms in total. The minimum absolute atomic E-state index is 0.253. The molecule has 0 aliphatic carbocycles. The number of hydrogen-bond donors (Lipinski definition) is 1. The summed E-state index contributed by atoms with van der Waals surface area (Å²) in [6, 6.07) is 27.7. The van der Waals surface area contributed by atoms with Crippen LogP contribution in [-0.4, -0.2) is 6.17 Å². The van der Waals surface area contributed by atoms with Gasteiger partial charge >= 0.3 is 0 Å². The van der Waals surface area contributed by atoms with Gasteiger partial charge < -0.3 is 10.2 Å². The van der Waals surface area contributed by atoms with Crippen LogP contribution in [0, 0.1) is 0 Å². The predicted octanol–water partition coefficient (Wildman–Crippen LogP) is 5.26. The molecule has 0 aromatic heterocycles. The second-order valence-corrected chi connectivity index (χ2v) is 5.62. The summed E-state index contributed by atoms with van der Waals surface area (Å²) in [5.74, 6) is 0. The maximum Gasteiger partial charge on any atom is 0.101 e. The number of benzene rings is 3. The average molecular weight is 286 g/mol. The van der Waals surface area contributed by atoms with Gasteiger partial charge in [0, 0.05) is 5.69 Å². The Labute approximate surface area is 131 Å². The van der Waals surface area contributed by atoms with E-state index in [1.807, 2.05) is 6.07 Å². The SMILES string of the molecule is CC1Nc2cc(-c3ccccc3)ccc2N1c1ccccc1. The van der Waals surface area contributed by atoms with Crippen molar-refractivity contribution in [2.75, 3.05) is 10.2 Å². The van der Waals surface area contributed by atoms with Crippen LogP contribution in [0.15, 0.2) is 78.9 Å². The van der Waals surface area contributed by atoms with Gasteiger partial charge in [-0.3, -0.25) is 0 Å². The van der Waals surface area contributed by atoms with Crippen molar-refractivity contribution in [2.45, 2.75) is 13.1 Å². The van der Waals surface area contributed by atoms with Crippen molar-refractivity contribution in [1.82, 2.24) is 0 Å². The molecule has 0 fully saturated rings. The minimum Gasteiger partial charge on any atom is -0.363 e. The number of nitrogens with one attached hydrogen (secondary N) is 1.